The van der Waals surface area contributed by atoms with Crippen molar-refractivity contribution in [3.63, 3.8) is 0 Å². The van der Waals surface area contributed by atoms with Crippen molar-refractivity contribution in [3.8, 4) is 0 Å². The molecular weight excluding hydrogens is 374 g/mol. The monoisotopic (exact) mass is 396 g/mol. The van der Waals surface area contributed by atoms with Crippen molar-refractivity contribution >= 4 is 21.6 Å². The Balaban J connectivity index is 2.34. The number of hydrogen-bond acceptors (Lipinski definition) is 3. The molecule has 0 spiro atoms. The first-order chi connectivity index (χ1) is 12.8. The van der Waals surface area contributed by atoms with Crippen molar-refractivity contribution < 1.29 is 22.0 Å². The van der Waals surface area contributed by atoms with Gasteiger partial charge in [0.1, 0.15) is 17.3 Å². The highest BCUT2D eigenvalue weighted by molar-refractivity contribution is 7.92. The third kappa shape index (κ3) is 5.03. The predicted octanol–water partition coefficient (Wildman–Crippen LogP) is 4.03. The van der Waals surface area contributed by atoms with Crippen LogP contribution in [0.5, 0.6) is 0 Å². The lowest BCUT2D eigenvalue weighted by atomic mass is 10.2. The summed E-state index contributed by atoms with van der Waals surface area (Å²) in [7, 11) is -4.27. The number of nitrogens with zero attached hydrogens (tertiary/aromatic N) is 1. The Labute approximate surface area is 158 Å². The van der Waals surface area contributed by atoms with Crippen molar-refractivity contribution in [1.29, 1.82) is 0 Å². The highest BCUT2D eigenvalue weighted by Gasteiger charge is 2.21. The summed E-state index contributed by atoms with van der Waals surface area (Å²) in [5, 5.41) is 0. The van der Waals surface area contributed by atoms with E-state index in [1.807, 2.05) is 18.6 Å². The zero-order chi connectivity index (χ0) is 20.0. The molecule has 2 aromatic rings. The Kier molecular flexibility index (Phi) is 6.90. The first-order valence-corrected chi connectivity index (χ1v) is 10.1. The number of anilines is 1. The van der Waals surface area contributed by atoms with Crippen LogP contribution >= 0.6 is 0 Å². The van der Waals surface area contributed by atoms with Crippen LogP contribution in [-0.2, 0) is 10.0 Å². The van der Waals surface area contributed by atoms with Gasteiger partial charge in [-0.25, -0.2) is 17.2 Å². The molecule has 0 radical (unpaired) electrons. The van der Waals surface area contributed by atoms with Crippen molar-refractivity contribution in [2.45, 2.75) is 31.6 Å². The maximum absolute atomic E-state index is 13.8. The fourth-order valence-corrected chi connectivity index (χ4v) is 3.74. The Bertz CT molecular complexity index is 891. The number of carbonyl (C=O) groups excluding carboxylic acids is 1. The number of nitrogens with one attached hydrogen (secondary N) is 1. The minimum atomic E-state index is -4.27. The van der Waals surface area contributed by atoms with Crippen LogP contribution in [0.2, 0.25) is 0 Å². The first kappa shape index (κ1) is 20.8. The van der Waals surface area contributed by atoms with Crippen LogP contribution < -0.4 is 4.72 Å². The Hall–Kier alpha value is -2.48. The van der Waals surface area contributed by atoms with Gasteiger partial charge in [-0.3, -0.25) is 9.52 Å². The number of hydrogen-bond donors (Lipinski definition) is 1. The molecular formula is C19H22F2N2O3S. The summed E-state index contributed by atoms with van der Waals surface area (Å²) < 4.78 is 54.5. The molecule has 0 unspecified atom stereocenters. The minimum Gasteiger partial charge on any atom is -0.339 e. The van der Waals surface area contributed by atoms with E-state index in [0.717, 1.165) is 31.0 Å². The molecule has 0 aromatic heterocycles. The van der Waals surface area contributed by atoms with Crippen LogP contribution in [0.1, 0.15) is 37.0 Å². The zero-order valence-electron chi connectivity index (χ0n) is 15.2. The van der Waals surface area contributed by atoms with Gasteiger partial charge in [-0.15, -0.1) is 0 Å². The van der Waals surface area contributed by atoms with E-state index >= 15 is 0 Å². The van der Waals surface area contributed by atoms with E-state index in [9.17, 15) is 22.0 Å². The molecule has 2 aromatic carbocycles. The summed E-state index contributed by atoms with van der Waals surface area (Å²) in [5.41, 5.74) is -0.554. The molecule has 0 atom stereocenters. The largest absolute Gasteiger partial charge is 0.339 e. The zero-order valence-corrected chi connectivity index (χ0v) is 16.0. The van der Waals surface area contributed by atoms with Crippen LogP contribution in [0, 0.1) is 11.6 Å². The van der Waals surface area contributed by atoms with Crippen molar-refractivity contribution in [2.24, 2.45) is 0 Å². The minimum absolute atomic E-state index is 0.203. The lowest BCUT2D eigenvalue weighted by Crippen LogP contribution is -2.32. The van der Waals surface area contributed by atoms with Gasteiger partial charge in [0.15, 0.2) is 0 Å². The summed E-state index contributed by atoms with van der Waals surface area (Å²) in [6.45, 7) is 5.01. The fraction of sp³-hybridized carbons (Fsp3) is 0.316. The molecule has 0 heterocycles. The molecule has 1 amide bonds. The maximum atomic E-state index is 13.8. The fourth-order valence-electron chi connectivity index (χ4n) is 2.62. The molecule has 0 saturated heterocycles. The SMILES string of the molecule is CCCN(CCC)C(=O)c1cccc(S(=O)(=O)Nc2c(F)cccc2F)c1. The van der Waals surface area contributed by atoms with Gasteiger partial charge in [-0.05, 0) is 43.2 Å². The molecule has 8 heteroatoms. The standard InChI is InChI=1S/C19H22F2N2O3S/c1-3-11-23(12-4-2)19(24)14-7-5-8-15(13-14)27(25,26)22-18-16(20)9-6-10-17(18)21/h5-10,13,22H,3-4,11-12H2,1-2H3. The third-order valence-corrected chi connectivity index (χ3v) is 5.21. The smallest absolute Gasteiger partial charge is 0.262 e. The number of para-hydroxylation sites is 1. The molecule has 0 aliphatic carbocycles. The molecule has 0 aliphatic heterocycles. The summed E-state index contributed by atoms with van der Waals surface area (Å²) in [6.07, 6.45) is 1.55. The van der Waals surface area contributed by atoms with E-state index in [0.29, 0.717) is 13.1 Å². The topological polar surface area (TPSA) is 66.5 Å². The molecule has 1 N–H and O–H groups in total. The van der Waals surface area contributed by atoms with Gasteiger partial charge in [0, 0.05) is 18.7 Å². The van der Waals surface area contributed by atoms with Crippen LogP contribution in [0.25, 0.3) is 0 Å². The normalized spacial score (nSPS) is 11.3. The number of halogens is 2. The van der Waals surface area contributed by atoms with Crippen LogP contribution in [0.4, 0.5) is 14.5 Å². The van der Waals surface area contributed by atoms with Gasteiger partial charge in [0.25, 0.3) is 15.9 Å². The number of rotatable bonds is 8. The Morgan fingerprint density at radius 2 is 1.56 bits per heavy atom. The highest BCUT2D eigenvalue weighted by atomic mass is 32.2. The molecule has 5 nitrogen and oxygen atoms in total. The number of carbonyl (C=O) groups is 1. The predicted molar refractivity (Wildman–Crippen MR) is 100 cm³/mol. The van der Waals surface area contributed by atoms with E-state index in [2.05, 4.69) is 0 Å². The number of amides is 1. The van der Waals surface area contributed by atoms with Gasteiger partial charge < -0.3 is 4.90 Å². The van der Waals surface area contributed by atoms with Gasteiger partial charge in [0.2, 0.25) is 0 Å². The summed E-state index contributed by atoms with van der Waals surface area (Å²) in [4.78, 5) is 14.1. The van der Waals surface area contributed by atoms with Gasteiger partial charge in [-0.2, -0.15) is 0 Å². The van der Waals surface area contributed by atoms with Crippen LogP contribution in [-0.4, -0.2) is 32.3 Å². The Morgan fingerprint density at radius 1 is 1.00 bits per heavy atom. The molecule has 27 heavy (non-hydrogen) atoms. The number of sulfonamides is 1. The van der Waals surface area contributed by atoms with Gasteiger partial charge >= 0.3 is 0 Å². The second-order valence-electron chi connectivity index (χ2n) is 6.02. The lowest BCUT2D eigenvalue weighted by Gasteiger charge is -2.21. The van der Waals surface area contributed by atoms with Crippen molar-refractivity contribution in [3.05, 3.63) is 59.7 Å². The van der Waals surface area contributed by atoms with Crippen LogP contribution in [0.3, 0.4) is 0 Å². The molecule has 0 aliphatic rings. The van der Waals surface area contributed by atoms with Crippen molar-refractivity contribution in [1.82, 2.24) is 4.90 Å². The third-order valence-electron chi connectivity index (χ3n) is 3.86. The van der Waals surface area contributed by atoms with E-state index in [-0.39, 0.29) is 16.4 Å². The molecule has 0 fully saturated rings. The average molecular weight is 396 g/mol. The lowest BCUT2D eigenvalue weighted by molar-refractivity contribution is 0.0755. The summed E-state index contributed by atoms with van der Waals surface area (Å²) in [5.74, 6) is -2.33. The van der Waals surface area contributed by atoms with Gasteiger partial charge in [-0.1, -0.05) is 26.0 Å². The van der Waals surface area contributed by atoms with Crippen LogP contribution in [0.15, 0.2) is 47.4 Å². The van der Waals surface area contributed by atoms with E-state index in [1.54, 1.807) is 4.90 Å². The van der Waals surface area contributed by atoms with E-state index in [1.165, 1.54) is 24.3 Å². The maximum Gasteiger partial charge on any atom is 0.262 e. The van der Waals surface area contributed by atoms with Gasteiger partial charge in [0.05, 0.1) is 4.90 Å². The molecule has 0 saturated carbocycles. The molecule has 146 valence electrons. The summed E-state index contributed by atoms with van der Waals surface area (Å²) >= 11 is 0. The summed E-state index contributed by atoms with van der Waals surface area (Å²) in [6, 6.07) is 8.46. The van der Waals surface area contributed by atoms with E-state index in [4.69, 9.17) is 0 Å². The highest BCUT2D eigenvalue weighted by Crippen LogP contribution is 2.23. The van der Waals surface area contributed by atoms with Crippen molar-refractivity contribution in [2.75, 3.05) is 17.8 Å². The number of benzene rings is 2. The molecule has 2 rings (SSSR count). The second kappa shape index (κ2) is 8.94. The molecule has 0 bridgehead atoms. The second-order valence-corrected chi connectivity index (χ2v) is 7.70. The Morgan fingerprint density at radius 3 is 2.11 bits per heavy atom. The van der Waals surface area contributed by atoms with E-state index < -0.39 is 27.3 Å². The average Bonchev–Trinajstić information content (AvgIpc) is 2.64. The first-order valence-electron chi connectivity index (χ1n) is 8.66. The quantitative estimate of drug-likeness (QED) is 0.733.